The summed E-state index contributed by atoms with van der Waals surface area (Å²) >= 11 is 0. The molecule has 13 heavy (non-hydrogen) atoms. The van der Waals surface area contributed by atoms with Gasteiger partial charge in [-0.15, -0.1) is 0 Å². The Balaban J connectivity index is 3.17. The lowest BCUT2D eigenvalue weighted by molar-refractivity contribution is 0.144. The summed E-state index contributed by atoms with van der Waals surface area (Å²) in [6, 6.07) is 0.340. The van der Waals surface area contributed by atoms with Crippen molar-refractivity contribution in [2.45, 2.75) is 26.3 Å². The van der Waals surface area contributed by atoms with E-state index in [0.29, 0.717) is 6.04 Å². The number of rotatable bonds is 8. The van der Waals surface area contributed by atoms with Gasteiger partial charge < -0.3 is 10.1 Å². The Bertz CT molecular complexity index is 142. The Morgan fingerprint density at radius 2 is 2.23 bits per heavy atom. The van der Waals surface area contributed by atoms with Gasteiger partial charge in [-0.05, 0) is 26.8 Å². The summed E-state index contributed by atoms with van der Waals surface area (Å²) in [5.74, 6) is 0.731. The van der Waals surface area contributed by atoms with Gasteiger partial charge in [-0.25, -0.2) is 0 Å². The Kier molecular flexibility index (Phi) is 8.71. The van der Waals surface area contributed by atoms with Crippen LogP contribution in [0.15, 0.2) is 0 Å². The van der Waals surface area contributed by atoms with Crippen LogP contribution in [0.4, 0.5) is 0 Å². The van der Waals surface area contributed by atoms with E-state index in [9.17, 15) is 4.21 Å². The zero-order chi connectivity index (χ0) is 10.1. The molecule has 0 aromatic heterocycles. The van der Waals surface area contributed by atoms with Crippen molar-refractivity contribution < 1.29 is 8.95 Å². The van der Waals surface area contributed by atoms with E-state index in [2.05, 4.69) is 12.2 Å². The molecule has 0 spiro atoms. The van der Waals surface area contributed by atoms with E-state index in [1.54, 1.807) is 6.26 Å². The van der Waals surface area contributed by atoms with Gasteiger partial charge in [0, 0.05) is 42.1 Å². The minimum Gasteiger partial charge on any atom is -0.382 e. The fraction of sp³-hybridized carbons (Fsp3) is 1.00. The van der Waals surface area contributed by atoms with Gasteiger partial charge in [0.25, 0.3) is 0 Å². The molecular formula is C9H21NO2S. The average Bonchev–Trinajstić information content (AvgIpc) is 2.02. The fourth-order valence-corrected chi connectivity index (χ4v) is 1.90. The molecule has 0 fully saturated rings. The third-order valence-corrected chi connectivity index (χ3v) is 2.62. The fourth-order valence-electron chi connectivity index (χ4n) is 1.08. The van der Waals surface area contributed by atoms with Crippen molar-refractivity contribution in [3.8, 4) is 0 Å². The Labute approximate surface area is 83.7 Å². The second-order valence-corrected chi connectivity index (χ2v) is 4.63. The van der Waals surface area contributed by atoms with Crippen LogP contribution in [-0.2, 0) is 15.5 Å². The van der Waals surface area contributed by atoms with Gasteiger partial charge >= 0.3 is 0 Å². The van der Waals surface area contributed by atoms with Crippen LogP contribution in [0, 0.1) is 0 Å². The first-order valence-electron chi connectivity index (χ1n) is 4.78. The lowest BCUT2D eigenvalue weighted by Crippen LogP contribution is -2.32. The van der Waals surface area contributed by atoms with Crippen LogP contribution in [0.1, 0.15) is 20.3 Å². The third kappa shape index (κ3) is 9.99. The van der Waals surface area contributed by atoms with Gasteiger partial charge in [0.15, 0.2) is 0 Å². The van der Waals surface area contributed by atoms with Gasteiger partial charge in [-0.1, -0.05) is 0 Å². The number of hydrogen-bond donors (Lipinski definition) is 1. The van der Waals surface area contributed by atoms with Gasteiger partial charge in [0.1, 0.15) is 0 Å². The second-order valence-electron chi connectivity index (χ2n) is 3.15. The van der Waals surface area contributed by atoms with E-state index in [1.165, 1.54) is 0 Å². The smallest absolute Gasteiger partial charge is 0.0477 e. The number of hydrogen-bond acceptors (Lipinski definition) is 3. The largest absolute Gasteiger partial charge is 0.382 e. The maximum Gasteiger partial charge on any atom is 0.0477 e. The standard InChI is InChI=1S/C9H21NO2S/c1-4-12-7-5-6-10-9(2)8-13(3)11/h9-10H,4-8H2,1-3H3. The highest BCUT2D eigenvalue weighted by Gasteiger charge is 2.01. The minimum absolute atomic E-state index is 0.340. The van der Waals surface area contributed by atoms with Gasteiger partial charge in [0.2, 0.25) is 0 Å². The van der Waals surface area contributed by atoms with Gasteiger partial charge in [-0.3, -0.25) is 4.21 Å². The second kappa shape index (κ2) is 8.66. The van der Waals surface area contributed by atoms with Crippen molar-refractivity contribution in [2.75, 3.05) is 31.8 Å². The molecule has 0 aliphatic carbocycles. The molecular weight excluding hydrogens is 186 g/mol. The van der Waals surface area contributed by atoms with Crippen LogP contribution < -0.4 is 5.32 Å². The molecule has 0 aromatic carbocycles. The lowest BCUT2D eigenvalue weighted by Gasteiger charge is -2.11. The monoisotopic (exact) mass is 207 g/mol. The Morgan fingerprint density at radius 1 is 1.54 bits per heavy atom. The van der Waals surface area contributed by atoms with Crippen molar-refractivity contribution >= 4 is 10.8 Å². The topological polar surface area (TPSA) is 38.3 Å². The van der Waals surface area contributed by atoms with E-state index < -0.39 is 10.8 Å². The molecule has 0 rings (SSSR count). The van der Waals surface area contributed by atoms with Crippen molar-refractivity contribution in [3.63, 3.8) is 0 Å². The summed E-state index contributed by atoms with van der Waals surface area (Å²) in [5.41, 5.74) is 0. The summed E-state index contributed by atoms with van der Waals surface area (Å²) in [5, 5.41) is 3.30. The Morgan fingerprint density at radius 3 is 2.77 bits per heavy atom. The van der Waals surface area contributed by atoms with Crippen molar-refractivity contribution in [1.29, 1.82) is 0 Å². The molecule has 0 amide bonds. The molecule has 0 saturated carbocycles. The minimum atomic E-state index is -0.698. The predicted octanol–water partition coefficient (Wildman–Crippen LogP) is 0.770. The zero-order valence-corrected chi connectivity index (χ0v) is 9.65. The van der Waals surface area contributed by atoms with E-state index in [-0.39, 0.29) is 0 Å². The summed E-state index contributed by atoms with van der Waals surface area (Å²) in [7, 11) is -0.698. The molecule has 0 radical (unpaired) electrons. The summed E-state index contributed by atoms with van der Waals surface area (Å²) in [6.45, 7) is 6.59. The first-order chi connectivity index (χ1) is 6.16. The molecule has 0 heterocycles. The molecule has 0 bridgehead atoms. The summed E-state index contributed by atoms with van der Waals surface area (Å²) in [4.78, 5) is 0. The first-order valence-corrected chi connectivity index (χ1v) is 6.50. The summed E-state index contributed by atoms with van der Waals surface area (Å²) < 4.78 is 16.0. The third-order valence-electron chi connectivity index (χ3n) is 1.65. The molecule has 0 aromatic rings. The normalized spacial score (nSPS) is 15.6. The molecule has 1 N–H and O–H groups in total. The highest BCUT2D eigenvalue weighted by molar-refractivity contribution is 7.84. The first kappa shape index (κ1) is 13.1. The van der Waals surface area contributed by atoms with E-state index in [4.69, 9.17) is 4.74 Å². The maximum atomic E-state index is 10.8. The van der Waals surface area contributed by atoms with Crippen LogP contribution in [0.25, 0.3) is 0 Å². The van der Waals surface area contributed by atoms with E-state index in [1.807, 2.05) is 6.92 Å². The van der Waals surface area contributed by atoms with Crippen LogP contribution >= 0.6 is 0 Å². The maximum absolute atomic E-state index is 10.8. The molecule has 0 aliphatic heterocycles. The molecule has 0 saturated heterocycles. The molecule has 2 unspecified atom stereocenters. The SMILES string of the molecule is CCOCCCNC(C)CS(C)=O. The van der Waals surface area contributed by atoms with E-state index >= 15 is 0 Å². The molecule has 2 atom stereocenters. The van der Waals surface area contributed by atoms with Crippen molar-refractivity contribution in [3.05, 3.63) is 0 Å². The van der Waals surface area contributed by atoms with Crippen molar-refractivity contribution in [1.82, 2.24) is 5.32 Å². The number of ether oxygens (including phenoxy) is 1. The van der Waals surface area contributed by atoms with Crippen LogP contribution in [-0.4, -0.2) is 42.0 Å². The van der Waals surface area contributed by atoms with Crippen LogP contribution in [0.3, 0.4) is 0 Å². The van der Waals surface area contributed by atoms with Crippen molar-refractivity contribution in [2.24, 2.45) is 0 Å². The summed E-state index contributed by atoms with van der Waals surface area (Å²) in [6.07, 6.45) is 2.76. The molecule has 3 nitrogen and oxygen atoms in total. The number of nitrogens with one attached hydrogen (secondary N) is 1. The highest BCUT2D eigenvalue weighted by Crippen LogP contribution is 1.87. The Hall–Kier alpha value is 0.0700. The average molecular weight is 207 g/mol. The van der Waals surface area contributed by atoms with Crippen LogP contribution in [0.5, 0.6) is 0 Å². The molecule has 0 aliphatic rings. The van der Waals surface area contributed by atoms with E-state index in [0.717, 1.165) is 31.9 Å². The molecule has 80 valence electrons. The predicted molar refractivity (Wildman–Crippen MR) is 57.5 cm³/mol. The van der Waals surface area contributed by atoms with Gasteiger partial charge in [0.05, 0.1) is 0 Å². The van der Waals surface area contributed by atoms with Crippen LogP contribution in [0.2, 0.25) is 0 Å². The molecule has 4 heteroatoms. The quantitative estimate of drug-likeness (QED) is 0.598. The lowest BCUT2D eigenvalue weighted by atomic mass is 10.3. The highest BCUT2D eigenvalue weighted by atomic mass is 32.2. The zero-order valence-electron chi connectivity index (χ0n) is 8.84. The van der Waals surface area contributed by atoms with Gasteiger partial charge in [-0.2, -0.15) is 0 Å².